The van der Waals surface area contributed by atoms with Gasteiger partial charge in [0, 0.05) is 38.8 Å². The molecule has 0 unspecified atom stereocenters. The Morgan fingerprint density at radius 1 is 0.944 bits per heavy atom. The average Bonchev–Trinajstić information content (AvgIpc) is 3.36. The molecule has 194 valence electrons. The number of hydrogen-bond acceptors (Lipinski definition) is 7. The molecule has 9 nitrogen and oxygen atoms in total. The van der Waals surface area contributed by atoms with Crippen LogP contribution in [0.4, 0.5) is 0 Å². The average molecular weight is 516 g/mol. The number of nitrogens with one attached hydrogen (secondary N) is 1. The molecule has 0 aromatic heterocycles. The van der Waals surface area contributed by atoms with Crippen LogP contribution in [0.15, 0.2) is 47.4 Å². The highest BCUT2D eigenvalue weighted by Crippen LogP contribution is 2.33. The maximum atomic E-state index is 12.7. The molecule has 0 bridgehead atoms. The van der Waals surface area contributed by atoms with Gasteiger partial charge >= 0.3 is 0 Å². The predicted molar refractivity (Wildman–Crippen MR) is 134 cm³/mol. The van der Waals surface area contributed by atoms with E-state index in [2.05, 4.69) is 9.62 Å². The predicted octanol–water partition coefficient (Wildman–Crippen LogP) is 2.75. The van der Waals surface area contributed by atoms with Gasteiger partial charge in [-0.15, -0.1) is 0 Å². The minimum atomic E-state index is -3.55. The summed E-state index contributed by atoms with van der Waals surface area (Å²) in [6.45, 7) is 3.81. The second-order valence-electron chi connectivity index (χ2n) is 9.56. The molecule has 3 aliphatic rings. The smallest absolute Gasteiger partial charge is 0.260 e. The second kappa shape index (κ2) is 11.1. The lowest BCUT2D eigenvalue weighted by atomic mass is 9.96. The van der Waals surface area contributed by atoms with Crippen LogP contribution in [0.5, 0.6) is 17.2 Å². The summed E-state index contributed by atoms with van der Waals surface area (Å²) in [5.74, 6) is 1.96. The van der Waals surface area contributed by atoms with Gasteiger partial charge in [-0.1, -0.05) is 25.3 Å². The Balaban J connectivity index is 1.06. The molecule has 0 spiro atoms. The van der Waals surface area contributed by atoms with Gasteiger partial charge in [0.1, 0.15) is 5.75 Å². The number of ether oxygens (including phenoxy) is 3. The molecule has 2 aliphatic heterocycles. The van der Waals surface area contributed by atoms with Gasteiger partial charge in [0.2, 0.25) is 16.8 Å². The fraction of sp³-hybridized carbons (Fsp3) is 0.500. The van der Waals surface area contributed by atoms with E-state index in [4.69, 9.17) is 14.2 Å². The van der Waals surface area contributed by atoms with Gasteiger partial charge in [-0.3, -0.25) is 9.69 Å². The lowest BCUT2D eigenvalue weighted by molar-refractivity contribution is -0.135. The fourth-order valence-electron chi connectivity index (χ4n) is 4.91. The normalized spacial score (nSPS) is 18.8. The first kappa shape index (κ1) is 24.9. The first-order valence-electron chi connectivity index (χ1n) is 12.6. The monoisotopic (exact) mass is 515 g/mol. The minimum absolute atomic E-state index is 0.00906. The summed E-state index contributed by atoms with van der Waals surface area (Å²) in [6.07, 6.45) is 5.05. The Morgan fingerprint density at radius 3 is 2.42 bits per heavy atom. The van der Waals surface area contributed by atoms with Crippen LogP contribution in [-0.2, 0) is 21.4 Å². The van der Waals surface area contributed by atoms with E-state index in [0.717, 1.165) is 62.4 Å². The Kier molecular flexibility index (Phi) is 7.64. The molecule has 0 atom stereocenters. The number of sulfonamides is 1. The molecular weight excluding hydrogens is 482 g/mol. The molecule has 1 N–H and O–H groups in total. The van der Waals surface area contributed by atoms with E-state index in [9.17, 15) is 13.2 Å². The summed E-state index contributed by atoms with van der Waals surface area (Å²) in [6, 6.07) is 12.3. The second-order valence-corrected chi connectivity index (χ2v) is 11.3. The number of hydrogen-bond donors (Lipinski definition) is 1. The van der Waals surface area contributed by atoms with Gasteiger partial charge in [0.15, 0.2) is 18.1 Å². The Bertz CT molecular complexity index is 1160. The van der Waals surface area contributed by atoms with Gasteiger partial charge in [-0.25, -0.2) is 13.1 Å². The lowest BCUT2D eigenvalue weighted by Crippen LogP contribution is -2.49. The van der Waals surface area contributed by atoms with Crippen molar-refractivity contribution in [3.8, 4) is 17.2 Å². The van der Waals surface area contributed by atoms with Crippen molar-refractivity contribution in [3.05, 3.63) is 48.0 Å². The van der Waals surface area contributed by atoms with E-state index in [1.54, 1.807) is 12.1 Å². The van der Waals surface area contributed by atoms with Crippen molar-refractivity contribution < 1.29 is 27.4 Å². The van der Waals surface area contributed by atoms with Crippen molar-refractivity contribution in [2.75, 3.05) is 39.6 Å². The summed E-state index contributed by atoms with van der Waals surface area (Å²) in [5.41, 5.74) is 1.15. The zero-order valence-electron chi connectivity index (χ0n) is 20.4. The number of fused-ring (bicyclic) bond motifs is 1. The van der Waals surface area contributed by atoms with Crippen LogP contribution in [0.25, 0.3) is 0 Å². The minimum Gasteiger partial charge on any atom is -0.484 e. The highest BCUT2D eigenvalue weighted by Gasteiger charge is 2.24. The summed E-state index contributed by atoms with van der Waals surface area (Å²) >= 11 is 0. The molecular formula is C26H33N3O6S. The van der Waals surface area contributed by atoms with Crippen LogP contribution in [0.2, 0.25) is 0 Å². The van der Waals surface area contributed by atoms with Gasteiger partial charge in [0.05, 0.1) is 4.90 Å². The molecule has 1 saturated carbocycles. The summed E-state index contributed by atoms with van der Waals surface area (Å²) in [4.78, 5) is 17.0. The van der Waals surface area contributed by atoms with Gasteiger partial charge in [0.25, 0.3) is 5.91 Å². The number of piperazine rings is 1. The van der Waals surface area contributed by atoms with E-state index >= 15 is 0 Å². The maximum Gasteiger partial charge on any atom is 0.260 e. The number of rotatable bonds is 8. The largest absolute Gasteiger partial charge is 0.484 e. The lowest BCUT2D eigenvalue weighted by Gasteiger charge is -2.34. The molecule has 10 heteroatoms. The first-order chi connectivity index (χ1) is 17.5. The van der Waals surface area contributed by atoms with Crippen molar-refractivity contribution >= 4 is 15.9 Å². The van der Waals surface area contributed by atoms with Crippen molar-refractivity contribution in [2.45, 2.75) is 49.6 Å². The first-order valence-corrected chi connectivity index (χ1v) is 14.1. The third-order valence-electron chi connectivity index (χ3n) is 6.99. The molecule has 36 heavy (non-hydrogen) atoms. The topological polar surface area (TPSA) is 97.4 Å². The van der Waals surface area contributed by atoms with Crippen molar-refractivity contribution in [2.24, 2.45) is 0 Å². The number of nitrogens with zero attached hydrogens (tertiary/aromatic N) is 2. The molecule has 0 radical (unpaired) electrons. The number of carbonyl (C=O) groups excluding carboxylic acids is 1. The van der Waals surface area contributed by atoms with Crippen LogP contribution < -0.4 is 18.9 Å². The molecule has 5 rings (SSSR count). The Hall–Kier alpha value is -2.82. The standard InChI is InChI=1S/C26H33N3O6S/c30-26(29-14-12-28(13-15-29)17-20-6-11-24-25(16-20)35-19-34-24)18-33-22-7-9-23(10-8-22)36(31,32)27-21-4-2-1-3-5-21/h6-11,16,21,27H,1-5,12-15,17-19H2. The zero-order chi connectivity index (χ0) is 25.0. The van der Waals surface area contributed by atoms with E-state index in [1.807, 2.05) is 23.1 Å². The van der Waals surface area contributed by atoms with Gasteiger partial charge in [-0.05, 0) is 54.8 Å². The summed E-state index contributed by atoms with van der Waals surface area (Å²) in [7, 11) is -3.55. The van der Waals surface area contributed by atoms with Crippen LogP contribution in [0.1, 0.15) is 37.7 Å². The molecule has 2 aromatic rings. The maximum absolute atomic E-state index is 12.7. The zero-order valence-corrected chi connectivity index (χ0v) is 21.2. The molecule has 1 aliphatic carbocycles. The fourth-order valence-corrected chi connectivity index (χ4v) is 6.22. The quantitative estimate of drug-likeness (QED) is 0.577. The van der Waals surface area contributed by atoms with E-state index in [1.165, 1.54) is 18.6 Å². The van der Waals surface area contributed by atoms with Crippen LogP contribution in [-0.4, -0.2) is 69.7 Å². The van der Waals surface area contributed by atoms with E-state index in [0.29, 0.717) is 18.8 Å². The Labute approximate surface area is 212 Å². The number of carbonyl (C=O) groups is 1. The molecule has 2 heterocycles. The number of benzene rings is 2. The van der Waals surface area contributed by atoms with Crippen molar-refractivity contribution in [1.82, 2.24) is 14.5 Å². The summed E-state index contributed by atoms with van der Waals surface area (Å²) in [5, 5.41) is 0. The van der Waals surface area contributed by atoms with E-state index in [-0.39, 0.29) is 30.2 Å². The molecule has 2 aromatic carbocycles. The van der Waals surface area contributed by atoms with Crippen molar-refractivity contribution in [3.63, 3.8) is 0 Å². The van der Waals surface area contributed by atoms with Crippen LogP contribution in [0.3, 0.4) is 0 Å². The SMILES string of the molecule is O=C(COc1ccc(S(=O)(=O)NC2CCCCC2)cc1)N1CCN(Cc2ccc3c(c2)OCO3)CC1. The third kappa shape index (κ3) is 6.11. The third-order valence-corrected chi connectivity index (χ3v) is 8.53. The summed E-state index contributed by atoms with van der Waals surface area (Å²) < 4.78 is 44.6. The van der Waals surface area contributed by atoms with Crippen molar-refractivity contribution in [1.29, 1.82) is 0 Å². The molecule has 1 amide bonds. The van der Waals surface area contributed by atoms with Gasteiger partial charge < -0.3 is 19.1 Å². The van der Waals surface area contributed by atoms with Crippen LogP contribution >= 0.6 is 0 Å². The highest BCUT2D eigenvalue weighted by molar-refractivity contribution is 7.89. The number of amides is 1. The van der Waals surface area contributed by atoms with Gasteiger partial charge in [-0.2, -0.15) is 0 Å². The van der Waals surface area contributed by atoms with Crippen LogP contribution in [0, 0.1) is 0 Å². The molecule has 2 fully saturated rings. The van der Waals surface area contributed by atoms with E-state index < -0.39 is 10.0 Å². The molecule has 1 saturated heterocycles. The Morgan fingerprint density at radius 2 is 1.67 bits per heavy atom. The highest BCUT2D eigenvalue weighted by atomic mass is 32.2.